The lowest BCUT2D eigenvalue weighted by Crippen LogP contribution is -2.30. The van der Waals surface area contributed by atoms with Gasteiger partial charge in [0.1, 0.15) is 0 Å². The molecule has 5 nitrogen and oxygen atoms in total. The first-order chi connectivity index (χ1) is 9.03. The normalized spacial score (nSPS) is 13.8. The zero-order valence-corrected chi connectivity index (χ0v) is 12.2. The highest BCUT2D eigenvalue weighted by Gasteiger charge is 2.13. The van der Waals surface area contributed by atoms with E-state index in [-0.39, 0.29) is 18.2 Å². The number of amides is 1. The van der Waals surface area contributed by atoms with Crippen LogP contribution >= 0.6 is 0 Å². The molecular weight excluding hydrogens is 244 g/mol. The molecule has 0 aromatic carbocycles. The largest absolute Gasteiger partial charge is 0.481 e. The summed E-state index contributed by atoms with van der Waals surface area (Å²) in [5, 5.41) is 11.5. The molecule has 0 fully saturated rings. The van der Waals surface area contributed by atoms with Crippen molar-refractivity contribution in [3.63, 3.8) is 0 Å². The quantitative estimate of drug-likeness (QED) is 0.534. The lowest BCUT2D eigenvalue weighted by molar-refractivity contribution is -0.138. The fourth-order valence-electron chi connectivity index (χ4n) is 2.08. The van der Waals surface area contributed by atoms with Crippen molar-refractivity contribution in [3.05, 3.63) is 0 Å². The molecule has 0 aliphatic rings. The number of carbonyl (C=O) groups excluding carboxylic acids is 1. The number of carbonyl (C=O) groups is 2. The highest BCUT2D eigenvalue weighted by molar-refractivity contribution is 5.76. The molecule has 0 bridgehead atoms. The summed E-state index contributed by atoms with van der Waals surface area (Å²) in [6, 6.07) is 0. The van der Waals surface area contributed by atoms with Gasteiger partial charge in [0.15, 0.2) is 0 Å². The van der Waals surface area contributed by atoms with Gasteiger partial charge in [-0.2, -0.15) is 0 Å². The summed E-state index contributed by atoms with van der Waals surface area (Å²) in [6.07, 6.45) is 4.23. The molecule has 0 aromatic heterocycles. The predicted octanol–water partition coefficient (Wildman–Crippen LogP) is 1.76. The summed E-state index contributed by atoms with van der Waals surface area (Å²) in [4.78, 5) is 22.3. The number of carboxylic acid groups (broad SMARTS) is 1. The monoisotopic (exact) mass is 272 g/mol. The molecular formula is C14H28N2O3. The van der Waals surface area contributed by atoms with Crippen LogP contribution in [0.25, 0.3) is 0 Å². The van der Waals surface area contributed by atoms with Crippen LogP contribution in [0.2, 0.25) is 0 Å². The molecule has 0 saturated heterocycles. The minimum Gasteiger partial charge on any atom is -0.481 e. The van der Waals surface area contributed by atoms with Crippen molar-refractivity contribution in [1.82, 2.24) is 5.32 Å². The number of aliphatic carboxylic acids is 1. The minimum atomic E-state index is -0.810. The molecule has 112 valence electrons. The van der Waals surface area contributed by atoms with E-state index in [1.54, 1.807) is 0 Å². The van der Waals surface area contributed by atoms with Gasteiger partial charge in [-0.15, -0.1) is 0 Å². The second kappa shape index (κ2) is 10.8. The number of hydrogen-bond acceptors (Lipinski definition) is 3. The zero-order valence-electron chi connectivity index (χ0n) is 12.2. The second-order valence-corrected chi connectivity index (χ2v) is 5.07. The van der Waals surface area contributed by atoms with E-state index in [1.165, 1.54) is 0 Å². The third kappa shape index (κ3) is 9.47. The molecule has 0 aromatic rings. The van der Waals surface area contributed by atoms with Gasteiger partial charge in [0.05, 0.1) is 0 Å². The van der Waals surface area contributed by atoms with Gasteiger partial charge in [0.25, 0.3) is 0 Å². The average Bonchev–Trinajstić information content (AvgIpc) is 2.38. The molecule has 0 aliphatic heterocycles. The van der Waals surface area contributed by atoms with Crippen LogP contribution in [0.1, 0.15) is 52.4 Å². The average molecular weight is 272 g/mol. The Morgan fingerprint density at radius 1 is 1.16 bits per heavy atom. The molecule has 4 N–H and O–H groups in total. The summed E-state index contributed by atoms with van der Waals surface area (Å²) < 4.78 is 0. The Kier molecular flexibility index (Phi) is 10.2. The summed E-state index contributed by atoms with van der Waals surface area (Å²) in [7, 11) is 0. The molecule has 2 unspecified atom stereocenters. The van der Waals surface area contributed by atoms with Crippen molar-refractivity contribution in [3.8, 4) is 0 Å². The molecule has 0 aliphatic carbocycles. The lowest BCUT2D eigenvalue weighted by atomic mass is 9.96. The van der Waals surface area contributed by atoms with Crippen LogP contribution in [0.4, 0.5) is 0 Å². The fourth-order valence-corrected chi connectivity index (χ4v) is 2.08. The van der Waals surface area contributed by atoms with E-state index in [1.807, 2.05) is 6.92 Å². The summed E-state index contributed by atoms with van der Waals surface area (Å²) in [6.45, 7) is 5.16. The number of hydrogen-bond donors (Lipinski definition) is 3. The van der Waals surface area contributed by atoms with E-state index in [0.717, 1.165) is 25.7 Å². The van der Waals surface area contributed by atoms with Gasteiger partial charge in [0, 0.05) is 19.4 Å². The molecule has 1 amide bonds. The maximum absolute atomic E-state index is 11.7. The molecule has 0 spiro atoms. The third-order valence-corrected chi connectivity index (χ3v) is 3.56. The molecule has 5 heteroatoms. The van der Waals surface area contributed by atoms with Gasteiger partial charge in [0.2, 0.25) is 5.91 Å². The van der Waals surface area contributed by atoms with E-state index in [2.05, 4.69) is 12.2 Å². The molecule has 0 heterocycles. The first-order valence-corrected chi connectivity index (χ1v) is 7.21. The zero-order chi connectivity index (χ0) is 14.7. The topological polar surface area (TPSA) is 92.4 Å². The smallest absolute Gasteiger partial charge is 0.303 e. The number of nitrogens with one attached hydrogen (secondary N) is 1. The van der Waals surface area contributed by atoms with E-state index in [0.29, 0.717) is 25.4 Å². The van der Waals surface area contributed by atoms with Gasteiger partial charge in [-0.1, -0.05) is 26.7 Å². The maximum atomic E-state index is 11.7. The van der Waals surface area contributed by atoms with Gasteiger partial charge >= 0.3 is 5.97 Å². The van der Waals surface area contributed by atoms with Gasteiger partial charge in [-0.05, 0) is 31.2 Å². The Morgan fingerprint density at radius 3 is 2.26 bits per heavy atom. The predicted molar refractivity (Wildman–Crippen MR) is 75.7 cm³/mol. The van der Waals surface area contributed by atoms with Crippen LogP contribution in [0.15, 0.2) is 0 Å². The fraction of sp³-hybridized carbons (Fsp3) is 0.857. The summed E-state index contributed by atoms with van der Waals surface area (Å²) in [5.41, 5.74) is 5.52. The minimum absolute atomic E-state index is 0.0133. The van der Waals surface area contributed by atoms with Crippen LogP contribution in [-0.4, -0.2) is 30.1 Å². The third-order valence-electron chi connectivity index (χ3n) is 3.56. The number of nitrogens with two attached hydrogens (primary N) is 1. The van der Waals surface area contributed by atoms with E-state index < -0.39 is 5.97 Å². The van der Waals surface area contributed by atoms with Gasteiger partial charge in [-0.3, -0.25) is 9.59 Å². The van der Waals surface area contributed by atoms with Crippen LogP contribution in [0.5, 0.6) is 0 Å². The van der Waals surface area contributed by atoms with Crippen LogP contribution in [-0.2, 0) is 9.59 Å². The van der Waals surface area contributed by atoms with Crippen LogP contribution in [0.3, 0.4) is 0 Å². The Balaban J connectivity index is 3.87. The lowest BCUT2D eigenvalue weighted by Gasteiger charge is -2.15. The molecule has 2 atom stereocenters. The Labute approximate surface area is 115 Å². The standard InChI is InChI=1S/C14H28N2O3/c1-3-11(7-8-15)5-6-13(17)16-10-12(4-2)9-14(18)19/h11-12H,3-10,15H2,1-2H3,(H,16,17)(H,18,19). The molecule has 0 radical (unpaired) electrons. The first kappa shape index (κ1) is 17.9. The second-order valence-electron chi connectivity index (χ2n) is 5.07. The highest BCUT2D eigenvalue weighted by atomic mass is 16.4. The van der Waals surface area contributed by atoms with E-state index in [4.69, 9.17) is 10.8 Å². The molecule has 19 heavy (non-hydrogen) atoms. The number of rotatable bonds is 11. The number of carboxylic acids is 1. The van der Waals surface area contributed by atoms with Crippen molar-refractivity contribution in [1.29, 1.82) is 0 Å². The Bertz CT molecular complexity index is 269. The molecule has 0 rings (SSSR count). The van der Waals surface area contributed by atoms with Gasteiger partial charge < -0.3 is 16.2 Å². The van der Waals surface area contributed by atoms with Crippen molar-refractivity contribution in [2.45, 2.75) is 52.4 Å². The van der Waals surface area contributed by atoms with Crippen molar-refractivity contribution >= 4 is 11.9 Å². The Morgan fingerprint density at radius 2 is 1.79 bits per heavy atom. The summed E-state index contributed by atoms with van der Waals surface area (Å²) >= 11 is 0. The van der Waals surface area contributed by atoms with Crippen molar-refractivity contribution in [2.75, 3.05) is 13.1 Å². The van der Waals surface area contributed by atoms with E-state index in [9.17, 15) is 9.59 Å². The van der Waals surface area contributed by atoms with E-state index >= 15 is 0 Å². The van der Waals surface area contributed by atoms with Crippen LogP contribution in [0, 0.1) is 11.8 Å². The summed E-state index contributed by atoms with van der Waals surface area (Å²) in [5.74, 6) is -0.265. The van der Waals surface area contributed by atoms with Crippen molar-refractivity contribution < 1.29 is 14.7 Å². The van der Waals surface area contributed by atoms with Crippen molar-refractivity contribution in [2.24, 2.45) is 17.6 Å². The highest BCUT2D eigenvalue weighted by Crippen LogP contribution is 2.14. The first-order valence-electron chi connectivity index (χ1n) is 7.21. The van der Waals surface area contributed by atoms with Crippen LogP contribution < -0.4 is 11.1 Å². The molecule has 0 saturated carbocycles. The SMILES string of the molecule is CCC(CCN)CCC(=O)NCC(CC)CC(=O)O. The Hall–Kier alpha value is -1.10. The maximum Gasteiger partial charge on any atom is 0.303 e. The van der Waals surface area contributed by atoms with Gasteiger partial charge in [-0.25, -0.2) is 0 Å².